The van der Waals surface area contributed by atoms with Gasteiger partial charge in [0.15, 0.2) is 0 Å². The fourth-order valence-electron chi connectivity index (χ4n) is 2.41. The highest BCUT2D eigenvalue weighted by Crippen LogP contribution is 2.21. The molecule has 0 N–H and O–H groups in total. The molecule has 1 nitrogen and oxygen atoms in total. The summed E-state index contributed by atoms with van der Waals surface area (Å²) in [6.07, 6.45) is 3.58. The summed E-state index contributed by atoms with van der Waals surface area (Å²) in [5, 5.41) is 1.39. The lowest BCUT2D eigenvalue weighted by Gasteiger charge is -2.05. The first-order chi connectivity index (χ1) is 8.11. The van der Waals surface area contributed by atoms with Gasteiger partial charge in [-0.2, -0.15) is 0 Å². The molecule has 0 aliphatic carbocycles. The van der Waals surface area contributed by atoms with Crippen LogP contribution in [0.5, 0.6) is 0 Å². The van der Waals surface area contributed by atoms with Gasteiger partial charge in [0.1, 0.15) is 0 Å². The van der Waals surface area contributed by atoms with Gasteiger partial charge < -0.3 is 4.57 Å². The first kappa shape index (κ1) is 12.2. The minimum atomic E-state index is 0.785. The molecule has 2 rings (SSSR count). The third kappa shape index (κ3) is 2.54. The molecule has 0 bridgehead atoms. The predicted octanol–water partition coefficient (Wildman–Crippen LogP) is 4.33. The van der Waals surface area contributed by atoms with Crippen molar-refractivity contribution in [3.8, 4) is 0 Å². The first-order valence-electron chi connectivity index (χ1n) is 6.69. The van der Waals surface area contributed by atoms with E-state index in [2.05, 4.69) is 56.7 Å². The van der Waals surface area contributed by atoms with Gasteiger partial charge >= 0.3 is 0 Å². The van der Waals surface area contributed by atoms with Crippen LogP contribution in [0.15, 0.2) is 24.3 Å². The summed E-state index contributed by atoms with van der Waals surface area (Å²) in [5.41, 5.74) is 4.25. The van der Waals surface area contributed by atoms with Crippen LogP contribution in [0.2, 0.25) is 0 Å². The summed E-state index contributed by atoms with van der Waals surface area (Å²) in [7, 11) is 2.16. The number of hydrogen-bond donors (Lipinski definition) is 0. The van der Waals surface area contributed by atoms with E-state index in [0.29, 0.717) is 0 Å². The molecule has 1 aromatic heterocycles. The molecule has 0 radical (unpaired) electrons. The summed E-state index contributed by atoms with van der Waals surface area (Å²) in [5.74, 6) is 0.785. The molecule has 0 saturated carbocycles. The molecule has 17 heavy (non-hydrogen) atoms. The number of aromatic nitrogens is 1. The smallest absolute Gasteiger partial charge is 0.0480 e. The summed E-state index contributed by atoms with van der Waals surface area (Å²) < 4.78 is 2.31. The largest absolute Gasteiger partial charge is 0.348 e. The molecule has 0 atom stereocenters. The highest BCUT2D eigenvalue weighted by Gasteiger charge is 2.05. The summed E-state index contributed by atoms with van der Waals surface area (Å²) in [6.45, 7) is 6.79. The van der Waals surface area contributed by atoms with Crippen molar-refractivity contribution in [2.45, 2.75) is 40.0 Å². The molecular weight excluding hydrogens is 206 g/mol. The highest BCUT2D eigenvalue weighted by atomic mass is 14.9. The minimum Gasteiger partial charge on any atom is -0.348 e. The zero-order valence-electron chi connectivity index (χ0n) is 11.5. The van der Waals surface area contributed by atoms with Gasteiger partial charge in [-0.3, -0.25) is 0 Å². The minimum absolute atomic E-state index is 0.785. The van der Waals surface area contributed by atoms with Crippen LogP contribution in [0, 0.1) is 5.92 Å². The molecule has 0 aliphatic heterocycles. The van der Waals surface area contributed by atoms with E-state index in [1.54, 1.807) is 0 Å². The van der Waals surface area contributed by atoms with Gasteiger partial charge in [0.05, 0.1) is 0 Å². The van der Waals surface area contributed by atoms with Crippen LogP contribution >= 0.6 is 0 Å². The van der Waals surface area contributed by atoms with Gasteiger partial charge in [-0.25, -0.2) is 0 Å². The van der Waals surface area contributed by atoms with E-state index in [9.17, 15) is 0 Å². The molecule has 92 valence electrons. The van der Waals surface area contributed by atoms with Crippen molar-refractivity contribution in [2.24, 2.45) is 13.0 Å². The van der Waals surface area contributed by atoms with Crippen molar-refractivity contribution < 1.29 is 0 Å². The Morgan fingerprint density at radius 1 is 1.18 bits per heavy atom. The number of hydrogen-bond acceptors (Lipinski definition) is 0. The van der Waals surface area contributed by atoms with E-state index in [4.69, 9.17) is 0 Å². The standard InChI is InChI=1S/C16H23N/c1-5-15-11-14-10-13(7-6-12(2)3)8-9-16(14)17(15)4/h8-12H,5-7H2,1-4H3. The number of rotatable bonds is 4. The number of fused-ring (bicyclic) bond motifs is 1. The van der Waals surface area contributed by atoms with E-state index >= 15 is 0 Å². The fraction of sp³-hybridized carbons (Fsp3) is 0.500. The maximum Gasteiger partial charge on any atom is 0.0480 e. The number of nitrogens with zero attached hydrogens (tertiary/aromatic N) is 1. The Bertz CT molecular complexity index is 505. The van der Waals surface area contributed by atoms with Gasteiger partial charge in [0, 0.05) is 23.6 Å². The molecule has 1 heterocycles. The van der Waals surface area contributed by atoms with Crippen molar-refractivity contribution in [3.63, 3.8) is 0 Å². The zero-order chi connectivity index (χ0) is 12.4. The topological polar surface area (TPSA) is 4.93 Å². The molecule has 0 saturated heterocycles. The summed E-state index contributed by atoms with van der Waals surface area (Å²) >= 11 is 0. The first-order valence-corrected chi connectivity index (χ1v) is 6.69. The molecular formula is C16H23N. The highest BCUT2D eigenvalue weighted by molar-refractivity contribution is 5.82. The lowest BCUT2D eigenvalue weighted by atomic mass is 10.0. The van der Waals surface area contributed by atoms with Gasteiger partial charge in [0.25, 0.3) is 0 Å². The van der Waals surface area contributed by atoms with E-state index in [1.807, 2.05) is 0 Å². The third-order valence-corrected chi connectivity index (χ3v) is 3.58. The van der Waals surface area contributed by atoms with E-state index < -0.39 is 0 Å². The Labute approximate surface area is 104 Å². The zero-order valence-corrected chi connectivity index (χ0v) is 11.5. The van der Waals surface area contributed by atoms with Crippen molar-refractivity contribution in [2.75, 3.05) is 0 Å². The molecule has 1 aromatic carbocycles. The van der Waals surface area contributed by atoms with Crippen molar-refractivity contribution in [1.29, 1.82) is 0 Å². The van der Waals surface area contributed by atoms with Crippen molar-refractivity contribution in [3.05, 3.63) is 35.5 Å². The Hall–Kier alpha value is -1.24. The second-order valence-electron chi connectivity index (χ2n) is 5.37. The van der Waals surface area contributed by atoms with E-state index in [-0.39, 0.29) is 0 Å². The third-order valence-electron chi connectivity index (χ3n) is 3.58. The molecule has 0 spiro atoms. The lowest BCUT2D eigenvalue weighted by molar-refractivity contribution is 0.587. The maximum absolute atomic E-state index is 2.36. The Balaban J connectivity index is 2.31. The molecule has 1 heteroatoms. The Kier molecular flexibility index (Phi) is 3.56. The Morgan fingerprint density at radius 2 is 1.94 bits per heavy atom. The second-order valence-corrected chi connectivity index (χ2v) is 5.37. The SMILES string of the molecule is CCc1cc2cc(CCC(C)C)ccc2n1C. The van der Waals surface area contributed by atoms with Crippen LogP contribution in [0.3, 0.4) is 0 Å². The van der Waals surface area contributed by atoms with Gasteiger partial charge in [-0.1, -0.05) is 26.8 Å². The van der Waals surface area contributed by atoms with Crippen molar-refractivity contribution >= 4 is 10.9 Å². The second kappa shape index (κ2) is 4.95. The quantitative estimate of drug-likeness (QED) is 0.735. The summed E-state index contributed by atoms with van der Waals surface area (Å²) in [6, 6.07) is 9.24. The van der Waals surface area contributed by atoms with Crippen LogP contribution in [0.1, 0.15) is 38.4 Å². The molecule has 0 aliphatic rings. The van der Waals surface area contributed by atoms with Crippen LogP contribution in [0.25, 0.3) is 10.9 Å². The molecule has 0 fully saturated rings. The normalized spacial score (nSPS) is 11.6. The van der Waals surface area contributed by atoms with Crippen LogP contribution < -0.4 is 0 Å². The average molecular weight is 229 g/mol. The average Bonchev–Trinajstić information content (AvgIpc) is 2.63. The van der Waals surface area contributed by atoms with Gasteiger partial charge in [0.2, 0.25) is 0 Å². The van der Waals surface area contributed by atoms with Crippen molar-refractivity contribution in [1.82, 2.24) is 4.57 Å². The van der Waals surface area contributed by atoms with E-state index in [0.717, 1.165) is 12.3 Å². The summed E-state index contributed by atoms with van der Waals surface area (Å²) in [4.78, 5) is 0. The fourth-order valence-corrected chi connectivity index (χ4v) is 2.41. The number of benzene rings is 1. The molecule has 2 aromatic rings. The van der Waals surface area contributed by atoms with E-state index in [1.165, 1.54) is 35.0 Å². The van der Waals surface area contributed by atoms with Crippen LogP contribution in [-0.2, 0) is 19.9 Å². The predicted molar refractivity (Wildman–Crippen MR) is 75.5 cm³/mol. The lowest BCUT2D eigenvalue weighted by Crippen LogP contribution is -1.94. The maximum atomic E-state index is 2.36. The molecule has 0 unspecified atom stereocenters. The molecule has 0 amide bonds. The van der Waals surface area contributed by atoms with Gasteiger partial charge in [-0.05, 0) is 48.9 Å². The van der Waals surface area contributed by atoms with Gasteiger partial charge in [-0.15, -0.1) is 0 Å². The number of aryl methyl sites for hydroxylation is 3. The Morgan fingerprint density at radius 3 is 2.59 bits per heavy atom. The van der Waals surface area contributed by atoms with Crippen LogP contribution in [-0.4, -0.2) is 4.57 Å². The van der Waals surface area contributed by atoms with Crippen LogP contribution in [0.4, 0.5) is 0 Å². The monoisotopic (exact) mass is 229 g/mol.